The molecule has 0 aromatic carbocycles. The van der Waals surface area contributed by atoms with E-state index in [-0.39, 0.29) is 22.9 Å². The Balaban J connectivity index is 1.36. The van der Waals surface area contributed by atoms with Gasteiger partial charge in [-0.15, -0.1) is 0 Å². The zero-order chi connectivity index (χ0) is 19.3. The van der Waals surface area contributed by atoms with Crippen molar-refractivity contribution in [2.75, 3.05) is 26.2 Å². The van der Waals surface area contributed by atoms with Crippen LogP contribution >= 0.6 is 0 Å². The summed E-state index contributed by atoms with van der Waals surface area (Å²) in [6.07, 6.45) is 7.27. The Morgan fingerprint density at radius 3 is 2.89 bits per heavy atom. The summed E-state index contributed by atoms with van der Waals surface area (Å²) in [5.74, 6) is -0.0415. The lowest BCUT2D eigenvalue weighted by Crippen LogP contribution is -2.55. The van der Waals surface area contributed by atoms with Gasteiger partial charge in [0, 0.05) is 44.2 Å². The quantitative estimate of drug-likeness (QED) is 0.818. The van der Waals surface area contributed by atoms with E-state index in [4.69, 9.17) is 0 Å². The number of fused-ring (bicyclic) bond motifs is 1. The van der Waals surface area contributed by atoms with Crippen molar-refractivity contribution in [3.05, 3.63) is 36.0 Å². The van der Waals surface area contributed by atoms with Crippen molar-refractivity contribution in [1.29, 1.82) is 0 Å². The Morgan fingerprint density at radius 1 is 1.25 bits per heavy atom. The average Bonchev–Trinajstić information content (AvgIpc) is 3.46. The molecule has 6 nitrogen and oxygen atoms in total. The third-order valence-electron chi connectivity index (χ3n) is 6.55. The first-order chi connectivity index (χ1) is 13.5. The number of pyridine rings is 1. The number of likely N-dealkylation sites (tertiary alicyclic amines) is 2. The van der Waals surface area contributed by atoms with Crippen LogP contribution in [0.1, 0.15) is 49.0 Å². The number of piperidine rings is 2. The number of hydrogen-bond acceptors (Lipinski definition) is 3. The summed E-state index contributed by atoms with van der Waals surface area (Å²) in [7, 11) is 0. The number of aromatic nitrogens is 2. The van der Waals surface area contributed by atoms with Gasteiger partial charge in [0.15, 0.2) is 5.69 Å². The van der Waals surface area contributed by atoms with Crippen LogP contribution in [0.2, 0.25) is 0 Å². The van der Waals surface area contributed by atoms with Gasteiger partial charge < -0.3 is 9.80 Å². The summed E-state index contributed by atoms with van der Waals surface area (Å²) < 4.78 is 16.0. The van der Waals surface area contributed by atoms with Crippen molar-refractivity contribution in [3.8, 4) is 0 Å². The van der Waals surface area contributed by atoms with Crippen LogP contribution in [-0.2, 0) is 4.79 Å². The highest BCUT2D eigenvalue weighted by Gasteiger charge is 2.44. The second-order valence-electron chi connectivity index (χ2n) is 8.73. The summed E-state index contributed by atoms with van der Waals surface area (Å²) in [6, 6.07) is 5.19. The van der Waals surface area contributed by atoms with Gasteiger partial charge in [0.05, 0.1) is 0 Å². The molecule has 5 rings (SSSR count). The Labute approximate surface area is 163 Å². The molecule has 3 fully saturated rings. The molecule has 148 valence electrons. The van der Waals surface area contributed by atoms with Gasteiger partial charge in [0.2, 0.25) is 11.9 Å². The molecule has 0 unspecified atom stereocenters. The summed E-state index contributed by atoms with van der Waals surface area (Å²) in [6.45, 7) is 2.77. The number of halogens is 1. The van der Waals surface area contributed by atoms with Crippen molar-refractivity contribution in [3.63, 3.8) is 0 Å². The van der Waals surface area contributed by atoms with Crippen LogP contribution < -0.4 is 0 Å². The highest BCUT2D eigenvalue weighted by atomic mass is 19.1. The minimum absolute atomic E-state index is 0.0632. The van der Waals surface area contributed by atoms with Crippen LogP contribution in [0.4, 0.5) is 4.39 Å². The smallest absolute Gasteiger partial charge is 0.277 e. The fraction of sp³-hybridized carbons (Fsp3) is 0.571. The second kappa shape index (κ2) is 6.57. The Morgan fingerprint density at radius 2 is 2.11 bits per heavy atom. The lowest BCUT2D eigenvalue weighted by atomic mass is 9.73. The third kappa shape index (κ3) is 3.06. The highest BCUT2D eigenvalue weighted by Crippen LogP contribution is 2.41. The topological polar surface area (TPSA) is 57.9 Å². The van der Waals surface area contributed by atoms with Crippen molar-refractivity contribution in [2.45, 2.75) is 38.5 Å². The molecular weight excluding hydrogens is 359 g/mol. The molecule has 1 aliphatic carbocycles. The molecular formula is C21H25FN4O2. The van der Waals surface area contributed by atoms with E-state index < -0.39 is 5.95 Å². The normalized spacial score (nSPS) is 25.7. The first kappa shape index (κ1) is 17.6. The fourth-order valence-corrected chi connectivity index (χ4v) is 4.85. The van der Waals surface area contributed by atoms with Crippen LogP contribution in [0.3, 0.4) is 0 Å². The molecule has 0 bridgehead atoms. The second-order valence-corrected chi connectivity index (χ2v) is 8.73. The zero-order valence-electron chi connectivity index (χ0n) is 15.9. The lowest BCUT2D eigenvalue weighted by molar-refractivity contribution is -0.139. The van der Waals surface area contributed by atoms with Crippen molar-refractivity contribution < 1.29 is 14.0 Å². The summed E-state index contributed by atoms with van der Waals surface area (Å²) in [4.78, 5) is 33.4. The molecule has 0 N–H and O–H groups in total. The molecule has 2 aromatic rings. The van der Waals surface area contributed by atoms with Gasteiger partial charge in [0.1, 0.15) is 5.65 Å². The highest BCUT2D eigenvalue weighted by molar-refractivity contribution is 5.93. The van der Waals surface area contributed by atoms with Gasteiger partial charge >= 0.3 is 0 Å². The monoisotopic (exact) mass is 384 g/mol. The third-order valence-corrected chi connectivity index (χ3v) is 6.55. The van der Waals surface area contributed by atoms with Crippen molar-refractivity contribution in [1.82, 2.24) is 19.2 Å². The van der Waals surface area contributed by atoms with E-state index >= 15 is 0 Å². The molecule has 3 aliphatic rings. The number of hydrogen-bond donors (Lipinski definition) is 0. The minimum Gasteiger partial charge on any atom is -0.342 e. The van der Waals surface area contributed by atoms with E-state index in [1.807, 2.05) is 4.90 Å². The largest absolute Gasteiger partial charge is 0.342 e. The fourth-order valence-electron chi connectivity index (χ4n) is 4.85. The number of nitrogens with zero attached hydrogens (tertiary/aromatic N) is 4. The maximum atomic E-state index is 14.7. The van der Waals surface area contributed by atoms with E-state index in [1.165, 1.54) is 17.2 Å². The van der Waals surface area contributed by atoms with Crippen molar-refractivity contribution in [2.24, 2.45) is 11.3 Å². The van der Waals surface area contributed by atoms with E-state index in [0.29, 0.717) is 31.1 Å². The van der Waals surface area contributed by atoms with E-state index in [1.54, 1.807) is 29.3 Å². The summed E-state index contributed by atoms with van der Waals surface area (Å²) >= 11 is 0. The predicted molar refractivity (Wildman–Crippen MR) is 101 cm³/mol. The van der Waals surface area contributed by atoms with Crippen LogP contribution in [0.25, 0.3) is 5.65 Å². The van der Waals surface area contributed by atoms with Crippen LogP contribution in [0.5, 0.6) is 0 Å². The van der Waals surface area contributed by atoms with Gasteiger partial charge in [0.25, 0.3) is 5.91 Å². The summed E-state index contributed by atoms with van der Waals surface area (Å²) in [5, 5.41) is 0. The molecule has 2 aliphatic heterocycles. The number of amides is 2. The maximum Gasteiger partial charge on any atom is 0.277 e. The van der Waals surface area contributed by atoms with Crippen LogP contribution in [0, 0.1) is 17.3 Å². The van der Waals surface area contributed by atoms with Crippen molar-refractivity contribution >= 4 is 17.5 Å². The molecule has 1 atom stereocenters. The first-order valence-corrected chi connectivity index (χ1v) is 10.2. The molecule has 7 heteroatoms. The van der Waals surface area contributed by atoms with Gasteiger partial charge in [-0.1, -0.05) is 6.07 Å². The maximum absolute atomic E-state index is 14.7. The first-order valence-electron chi connectivity index (χ1n) is 10.2. The number of imidazole rings is 1. The minimum atomic E-state index is -0.602. The predicted octanol–water partition coefficient (Wildman–Crippen LogP) is 2.73. The lowest BCUT2D eigenvalue weighted by Gasteiger charge is -2.48. The van der Waals surface area contributed by atoms with E-state index in [2.05, 4.69) is 4.98 Å². The standard InChI is InChI=1S/C21H25FN4O2/c22-19-18(23-16-4-1-2-11-26(16)19)20(28)24-10-3-8-21(13-24)9-7-17(27)25(14-21)12-15-5-6-15/h1-2,4,11,15H,3,5-10,12-14H2/t21-/m1/s1. The number of carbonyl (C=O) groups is 2. The molecule has 28 heavy (non-hydrogen) atoms. The molecule has 1 saturated carbocycles. The van der Waals surface area contributed by atoms with Crippen LogP contribution in [-0.4, -0.2) is 57.2 Å². The molecule has 2 saturated heterocycles. The van der Waals surface area contributed by atoms with Crippen LogP contribution in [0.15, 0.2) is 24.4 Å². The Hall–Kier alpha value is -2.44. The molecule has 0 radical (unpaired) electrons. The number of carbonyl (C=O) groups excluding carboxylic acids is 2. The van der Waals surface area contributed by atoms with Gasteiger partial charge in [-0.25, -0.2) is 4.98 Å². The van der Waals surface area contributed by atoms with Gasteiger partial charge in [-0.2, -0.15) is 4.39 Å². The average molecular weight is 384 g/mol. The summed E-state index contributed by atoms with van der Waals surface area (Å²) in [5.41, 5.74) is 0.269. The molecule has 2 amide bonds. The van der Waals surface area contributed by atoms with Gasteiger partial charge in [-0.05, 0) is 50.2 Å². The van der Waals surface area contributed by atoms with E-state index in [0.717, 1.165) is 32.4 Å². The Bertz CT molecular complexity index is 938. The zero-order valence-corrected chi connectivity index (χ0v) is 15.9. The molecule has 4 heterocycles. The molecule has 1 spiro atoms. The Kier molecular flexibility index (Phi) is 4.14. The SMILES string of the molecule is O=C1CC[C@@]2(CCCN(C(=O)c3nc4ccccn4c3F)C2)CN1CC1CC1. The van der Waals surface area contributed by atoms with Gasteiger partial charge in [-0.3, -0.25) is 14.0 Å². The van der Waals surface area contributed by atoms with E-state index in [9.17, 15) is 14.0 Å². The number of rotatable bonds is 3. The molecule has 2 aromatic heterocycles.